The van der Waals surface area contributed by atoms with E-state index < -0.39 is 124 Å². The smallest absolute Gasteiger partial charge is 0.220 e. The predicted molar refractivity (Wildman–Crippen MR) is 263 cm³/mol. The van der Waals surface area contributed by atoms with Crippen LogP contribution in [0.3, 0.4) is 0 Å². The molecule has 1 amide bonds. The van der Waals surface area contributed by atoms with Crippen molar-refractivity contribution in [1.82, 2.24) is 5.32 Å². The largest absolute Gasteiger partial charge is 0.394 e. The molecular formula is C52H89NO18. The van der Waals surface area contributed by atoms with Gasteiger partial charge in [0.1, 0.15) is 73.2 Å². The Kier molecular flexibility index (Phi) is 32.2. The molecule has 0 radical (unpaired) electrons. The Balaban J connectivity index is 1.54. The van der Waals surface area contributed by atoms with Gasteiger partial charge in [-0.05, 0) is 64.2 Å². The number of rotatable bonds is 35. The summed E-state index contributed by atoms with van der Waals surface area (Å²) in [5.74, 6) is -0.304. The van der Waals surface area contributed by atoms with Gasteiger partial charge in [-0.25, -0.2) is 0 Å². The lowest BCUT2D eigenvalue weighted by atomic mass is 9.96. The molecule has 17 unspecified atom stereocenters. The Morgan fingerprint density at radius 2 is 0.986 bits per heavy atom. The van der Waals surface area contributed by atoms with E-state index in [1.807, 2.05) is 6.08 Å². The number of aliphatic hydroxyl groups is 11. The Hall–Kier alpha value is -2.51. The summed E-state index contributed by atoms with van der Waals surface area (Å²) in [6.07, 6.45) is 11.0. The molecule has 0 saturated carbocycles. The normalized spacial score (nSPS) is 32.8. The molecule has 17 atom stereocenters. The van der Waals surface area contributed by atoms with Crippen molar-refractivity contribution < 1.29 is 89.4 Å². The molecule has 3 aliphatic rings. The fraction of sp³-hybridized carbons (Fsp3) is 0.788. The number of ether oxygens (including phenoxy) is 6. The zero-order chi connectivity index (χ0) is 52.0. The minimum atomic E-state index is -1.98. The van der Waals surface area contributed by atoms with Gasteiger partial charge in [0.05, 0.1) is 38.6 Å². The highest BCUT2D eigenvalue weighted by Gasteiger charge is 2.53. The molecule has 3 heterocycles. The summed E-state index contributed by atoms with van der Waals surface area (Å²) in [7, 11) is 0. The summed E-state index contributed by atoms with van der Waals surface area (Å²) in [5, 5.41) is 119. The number of amides is 1. The molecule has 0 aliphatic carbocycles. The van der Waals surface area contributed by atoms with Crippen LogP contribution < -0.4 is 5.32 Å². The van der Waals surface area contributed by atoms with Gasteiger partial charge in [-0.15, -0.1) is 0 Å². The fourth-order valence-corrected chi connectivity index (χ4v) is 8.45. The lowest BCUT2D eigenvalue weighted by Crippen LogP contribution is -2.66. The maximum Gasteiger partial charge on any atom is 0.220 e. The van der Waals surface area contributed by atoms with Crippen molar-refractivity contribution in [3.05, 3.63) is 60.8 Å². The Morgan fingerprint density at radius 3 is 1.58 bits per heavy atom. The Bertz CT molecular complexity index is 1540. The summed E-state index contributed by atoms with van der Waals surface area (Å²) < 4.78 is 34.0. The SMILES string of the molecule is CC/C=C\C/C=C\C/C=C\CCCCCCCCCC(=O)NC(COC1OC(CO)C(OC2OC(CO)C(OC3OC(CO)C(O)C(O)C3O)C(O)C2O)C(O)C1O)C(O)/C=C/CC/C=C/CCCCC. The molecule has 3 saturated heterocycles. The number of aliphatic hydroxyl groups excluding tert-OH is 11. The van der Waals surface area contributed by atoms with Crippen molar-refractivity contribution in [2.45, 2.75) is 234 Å². The van der Waals surface area contributed by atoms with Crippen LogP contribution in [0.4, 0.5) is 0 Å². The molecule has 0 spiro atoms. The molecule has 12 N–H and O–H groups in total. The van der Waals surface area contributed by atoms with E-state index in [0.717, 1.165) is 89.9 Å². The lowest BCUT2D eigenvalue weighted by Gasteiger charge is -2.48. The van der Waals surface area contributed by atoms with Crippen molar-refractivity contribution in [3.63, 3.8) is 0 Å². The first kappa shape index (κ1) is 62.8. The highest BCUT2D eigenvalue weighted by atomic mass is 16.8. The first-order valence-corrected chi connectivity index (χ1v) is 26.0. The van der Waals surface area contributed by atoms with Gasteiger partial charge in [0.2, 0.25) is 5.91 Å². The third kappa shape index (κ3) is 22.1. The van der Waals surface area contributed by atoms with Gasteiger partial charge in [0, 0.05) is 6.42 Å². The van der Waals surface area contributed by atoms with Crippen molar-refractivity contribution >= 4 is 5.91 Å². The van der Waals surface area contributed by atoms with Crippen molar-refractivity contribution in [2.24, 2.45) is 0 Å². The molecule has 3 rings (SSSR count). The highest BCUT2D eigenvalue weighted by Crippen LogP contribution is 2.33. The average molecular weight is 1020 g/mol. The number of carbonyl (C=O) groups excluding carboxylic acids is 1. The maximum atomic E-state index is 13.2. The fourth-order valence-electron chi connectivity index (χ4n) is 8.45. The molecule has 0 bridgehead atoms. The molecule has 19 nitrogen and oxygen atoms in total. The van der Waals surface area contributed by atoms with Gasteiger partial charge in [0.15, 0.2) is 18.9 Å². The summed E-state index contributed by atoms with van der Waals surface area (Å²) in [4.78, 5) is 13.2. The third-order valence-corrected chi connectivity index (χ3v) is 12.8. The zero-order valence-electron chi connectivity index (χ0n) is 41.9. The minimum Gasteiger partial charge on any atom is -0.394 e. The third-order valence-electron chi connectivity index (χ3n) is 12.8. The second-order valence-electron chi connectivity index (χ2n) is 18.6. The first-order valence-electron chi connectivity index (χ1n) is 26.0. The molecule has 0 aromatic carbocycles. The number of unbranched alkanes of at least 4 members (excludes halogenated alkanes) is 11. The molecule has 3 fully saturated rings. The molecule has 0 aromatic heterocycles. The van der Waals surface area contributed by atoms with Crippen molar-refractivity contribution in [1.29, 1.82) is 0 Å². The van der Waals surface area contributed by atoms with Crippen LogP contribution in [0.5, 0.6) is 0 Å². The van der Waals surface area contributed by atoms with Crippen molar-refractivity contribution in [2.75, 3.05) is 26.4 Å². The van der Waals surface area contributed by atoms with Gasteiger partial charge >= 0.3 is 0 Å². The van der Waals surface area contributed by atoms with Gasteiger partial charge in [0.25, 0.3) is 0 Å². The van der Waals surface area contributed by atoms with E-state index in [1.165, 1.54) is 6.42 Å². The van der Waals surface area contributed by atoms with Crippen LogP contribution >= 0.6 is 0 Å². The number of allylic oxidation sites excluding steroid dienone is 9. The summed E-state index contributed by atoms with van der Waals surface area (Å²) in [6.45, 7) is 1.47. The summed E-state index contributed by atoms with van der Waals surface area (Å²) in [6, 6.07) is -0.994. The lowest BCUT2D eigenvalue weighted by molar-refractivity contribution is -0.379. The number of carbonyl (C=O) groups is 1. The van der Waals surface area contributed by atoms with Gasteiger partial charge in [-0.1, -0.05) is 120 Å². The van der Waals surface area contributed by atoms with Crippen LogP contribution in [0.1, 0.15) is 129 Å². The standard InChI is InChI=1S/C52H89NO18/c1-3-5-7-9-11-13-14-15-16-17-18-19-20-22-24-26-28-30-40(58)53-35(36(57)29-27-25-23-21-12-10-8-6-4-2)34-66-50-46(64)43(61)48(38(32-55)68-50)71-52-47(65)44(62)49(39(33-56)69-52)70-51-45(63)42(60)41(59)37(31-54)67-51/h5,7,11-13,15-16,21,27,29,35-39,41-52,54-57,59-65H,3-4,6,8-10,14,17-20,22-26,28,30-34H2,1-2H3,(H,53,58)/b7-5-,13-11-,16-15-,21-12+,29-27+. The van der Waals surface area contributed by atoms with E-state index in [4.69, 9.17) is 28.4 Å². The number of hydrogen-bond donors (Lipinski definition) is 12. The monoisotopic (exact) mass is 1020 g/mol. The summed E-state index contributed by atoms with van der Waals surface area (Å²) in [5.41, 5.74) is 0. The zero-order valence-corrected chi connectivity index (χ0v) is 41.9. The predicted octanol–water partition coefficient (Wildman–Crippen LogP) is 2.14. The van der Waals surface area contributed by atoms with Gasteiger partial charge in [-0.2, -0.15) is 0 Å². The number of nitrogens with one attached hydrogen (secondary N) is 1. The second-order valence-corrected chi connectivity index (χ2v) is 18.6. The average Bonchev–Trinajstić information content (AvgIpc) is 3.36. The van der Waals surface area contributed by atoms with Crippen LogP contribution in [0, 0.1) is 0 Å². The van der Waals surface area contributed by atoms with Crippen LogP contribution in [-0.4, -0.2) is 193 Å². The molecule has 410 valence electrons. The minimum absolute atomic E-state index is 0.221. The molecule has 71 heavy (non-hydrogen) atoms. The quantitative estimate of drug-likeness (QED) is 0.0320. The van der Waals surface area contributed by atoms with Crippen LogP contribution in [-0.2, 0) is 33.2 Å². The van der Waals surface area contributed by atoms with E-state index in [0.29, 0.717) is 12.8 Å². The Labute approximate surface area is 420 Å². The molecule has 0 aromatic rings. The summed E-state index contributed by atoms with van der Waals surface area (Å²) >= 11 is 0. The van der Waals surface area contributed by atoms with E-state index >= 15 is 0 Å². The van der Waals surface area contributed by atoms with E-state index in [2.05, 4.69) is 67.8 Å². The molecule has 19 heteroatoms. The van der Waals surface area contributed by atoms with E-state index in [-0.39, 0.29) is 18.9 Å². The molecular weight excluding hydrogens is 927 g/mol. The van der Waals surface area contributed by atoms with Crippen LogP contribution in [0.2, 0.25) is 0 Å². The van der Waals surface area contributed by atoms with Crippen molar-refractivity contribution in [3.8, 4) is 0 Å². The van der Waals surface area contributed by atoms with Gasteiger partial charge in [-0.3, -0.25) is 4.79 Å². The van der Waals surface area contributed by atoms with E-state index in [9.17, 15) is 61.0 Å². The second kappa shape index (κ2) is 36.4. The topological polar surface area (TPSA) is 307 Å². The van der Waals surface area contributed by atoms with Crippen LogP contribution in [0.15, 0.2) is 60.8 Å². The highest BCUT2D eigenvalue weighted by molar-refractivity contribution is 5.76. The maximum absolute atomic E-state index is 13.2. The first-order chi connectivity index (χ1) is 34.3. The molecule has 3 aliphatic heterocycles. The van der Waals surface area contributed by atoms with Gasteiger partial charge < -0.3 is 89.9 Å². The number of hydrogen-bond acceptors (Lipinski definition) is 18. The van der Waals surface area contributed by atoms with Crippen LogP contribution in [0.25, 0.3) is 0 Å². The van der Waals surface area contributed by atoms with E-state index in [1.54, 1.807) is 6.08 Å². The Morgan fingerprint density at radius 1 is 0.521 bits per heavy atom.